The third-order valence-corrected chi connectivity index (χ3v) is 5.49. The van der Waals surface area contributed by atoms with Crippen LogP contribution in [-0.4, -0.2) is 17.0 Å². The maximum Gasteiger partial charge on any atom is 0.416 e. The number of hydrogen-bond donors (Lipinski definition) is 4. The van der Waals surface area contributed by atoms with Crippen LogP contribution in [0.1, 0.15) is 36.8 Å². The molecule has 1 saturated carbocycles. The molecule has 0 unspecified atom stereocenters. The quantitative estimate of drug-likeness (QED) is 0.525. The van der Waals surface area contributed by atoms with Crippen molar-refractivity contribution >= 4 is 28.9 Å². The summed E-state index contributed by atoms with van der Waals surface area (Å²) in [4.78, 5) is 24.4. The number of anilines is 3. The Kier molecular flexibility index (Phi) is 6.84. The third kappa shape index (κ3) is 5.55. The standard InChI is InChI=1S/C22H24F3N3O3/c23-22(24,25)14-7-10-18(27-15-8-5-13(12-26)6-9-15)19(11-14)28-20(29)16-3-1-2-4-17(16)21(30)31/h5-11,16-17,27H,1-4,12,26H2,(H,28,29)(H,30,31)/t16-,17-/m0/s1. The number of halogens is 3. The Morgan fingerprint density at radius 1 is 1.00 bits per heavy atom. The number of carbonyl (C=O) groups excluding carboxylic acids is 1. The van der Waals surface area contributed by atoms with Gasteiger partial charge in [0.05, 0.1) is 28.8 Å². The number of benzene rings is 2. The second-order valence-electron chi connectivity index (χ2n) is 7.61. The van der Waals surface area contributed by atoms with Crippen molar-refractivity contribution in [3.8, 4) is 0 Å². The van der Waals surface area contributed by atoms with Crippen LogP contribution in [-0.2, 0) is 22.3 Å². The molecule has 1 aliphatic carbocycles. The summed E-state index contributed by atoms with van der Waals surface area (Å²) in [5, 5.41) is 15.0. The second kappa shape index (κ2) is 9.38. The minimum Gasteiger partial charge on any atom is -0.481 e. The summed E-state index contributed by atoms with van der Waals surface area (Å²) < 4.78 is 39.7. The number of nitrogens with one attached hydrogen (secondary N) is 2. The number of carboxylic acid groups (broad SMARTS) is 1. The Labute approximate surface area is 177 Å². The summed E-state index contributed by atoms with van der Waals surface area (Å²) in [7, 11) is 0. The van der Waals surface area contributed by atoms with Crippen molar-refractivity contribution in [2.24, 2.45) is 17.6 Å². The minimum absolute atomic E-state index is 0.0579. The van der Waals surface area contributed by atoms with Crippen LogP contribution in [0.2, 0.25) is 0 Å². The summed E-state index contributed by atoms with van der Waals surface area (Å²) in [5.74, 6) is -3.30. The normalized spacial score (nSPS) is 19.0. The zero-order chi connectivity index (χ0) is 22.6. The van der Waals surface area contributed by atoms with Crippen molar-refractivity contribution in [2.75, 3.05) is 10.6 Å². The van der Waals surface area contributed by atoms with Crippen LogP contribution >= 0.6 is 0 Å². The third-order valence-electron chi connectivity index (χ3n) is 5.49. The molecule has 0 bridgehead atoms. The first-order chi connectivity index (χ1) is 14.7. The Balaban J connectivity index is 1.89. The van der Waals surface area contributed by atoms with Crippen LogP contribution in [0, 0.1) is 11.8 Å². The Hall–Kier alpha value is -3.07. The van der Waals surface area contributed by atoms with E-state index in [-0.39, 0.29) is 11.4 Å². The molecule has 1 amide bonds. The first-order valence-corrected chi connectivity index (χ1v) is 10.00. The SMILES string of the molecule is NCc1ccc(Nc2ccc(C(F)(F)F)cc2NC(=O)[C@H]2CCCC[C@@H]2C(=O)O)cc1. The summed E-state index contributed by atoms with van der Waals surface area (Å²) in [6.45, 7) is 0.355. The van der Waals surface area contributed by atoms with Gasteiger partial charge in [0.1, 0.15) is 0 Å². The summed E-state index contributed by atoms with van der Waals surface area (Å²) in [6.07, 6.45) is -2.44. The maximum atomic E-state index is 13.2. The largest absolute Gasteiger partial charge is 0.481 e. The monoisotopic (exact) mass is 435 g/mol. The fourth-order valence-electron chi connectivity index (χ4n) is 3.78. The highest BCUT2D eigenvalue weighted by Crippen LogP contribution is 2.37. The summed E-state index contributed by atoms with van der Waals surface area (Å²) in [6, 6.07) is 10.0. The first kappa shape index (κ1) is 22.6. The van der Waals surface area contributed by atoms with Crippen LogP contribution in [0.15, 0.2) is 42.5 Å². The number of rotatable bonds is 6. The lowest BCUT2D eigenvalue weighted by Gasteiger charge is -2.28. The average molecular weight is 435 g/mol. The highest BCUT2D eigenvalue weighted by molar-refractivity contribution is 5.98. The van der Waals surface area contributed by atoms with Gasteiger partial charge >= 0.3 is 12.1 Å². The number of carbonyl (C=O) groups is 2. The molecule has 3 rings (SSSR count). The lowest BCUT2D eigenvalue weighted by atomic mass is 9.78. The summed E-state index contributed by atoms with van der Waals surface area (Å²) >= 11 is 0. The molecule has 2 aromatic rings. The molecular weight excluding hydrogens is 411 g/mol. The van der Waals surface area contributed by atoms with E-state index >= 15 is 0 Å². The average Bonchev–Trinajstić information content (AvgIpc) is 2.74. The molecular formula is C22H24F3N3O3. The van der Waals surface area contributed by atoms with E-state index in [0.29, 0.717) is 37.9 Å². The first-order valence-electron chi connectivity index (χ1n) is 10.00. The van der Waals surface area contributed by atoms with Crippen molar-refractivity contribution < 1.29 is 27.9 Å². The van der Waals surface area contributed by atoms with E-state index in [1.807, 2.05) is 0 Å². The van der Waals surface area contributed by atoms with Crippen molar-refractivity contribution in [2.45, 2.75) is 38.4 Å². The van der Waals surface area contributed by atoms with Crippen LogP contribution in [0.25, 0.3) is 0 Å². The van der Waals surface area contributed by atoms with Gasteiger partial charge in [0, 0.05) is 12.2 Å². The molecule has 1 fully saturated rings. The van der Waals surface area contributed by atoms with Gasteiger partial charge in [-0.1, -0.05) is 25.0 Å². The summed E-state index contributed by atoms with van der Waals surface area (Å²) in [5.41, 5.74) is 6.37. The molecule has 2 aromatic carbocycles. The van der Waals surface area contributed by atoms with Gasteiger partial charge in [-0.2, -0.15) is 13.2 Å². The number of aliphatic carboxylic acids is 1. The van der Waals surface area contributed by atoms with Gasteiger partial charge in [-0.15, -0.1) is 0 Å². The smallest absolute Gasteiger partial charge is 0.416 e. The van der Waals surface area contributed by atoms with E-state index < -0.39 is 35.5 Å². The number of amides is 1. The van der Waals surface area contributed by atoms with E-state index in [4.69, 9.17) is 5.73 Å². The fourth-order valence-corrected chi connectivity index (χ4v) is 3.78. The van der Waals surface area contributed by atoms with Crippen LogP contribution in [0.4, 0.5) is 30.2 Å². The lowest BCUT2D eigenvalue weighted by molar-refractivity contribution is -0.147. The van der Waals surface area contributed by atoms with E-state index in [2.05, 4.69) is 10.6 Å². The molecule has 166 valence electrons. The van der Waals surface area contributed by atoms with E-state index in [0.717, 1.165) is 17.7 Å². The molecule has 6 nitrogen and oxygen atoms in total. The lowest BCUT2D eigenvalue weighted by Crippen LogP contribution is -2.36. The van der Waals surface area contributed by atoms with Gasteiger partial charge in [-0.05, 0) is 48.7 Å². The molecule has 0 spiro atoms. The van der Waals surface area contributed by atoms with Crippen molar-refractivity contribution in [1.29, 1.82) is 0 Å². The van der Waals surface area contributed by atoms with Gasteiger partial charge in [-0.3, -0.25) is 9.59 Å². The molecule has 0 aliphatic heterocycles. The highest BCUT2D eigenvalue weighted by Gasteiger charge is 2.36. The van der Waals surface area contributed by atoms with Crippen LogP contribution in [0.3, 0.4) is 0 Å². The zero-order valence-corrected chi connectivity index (χ0v) is 16.7. The number of hydrogen-bond acceptors (Lipinski definition) is 4. The predicted molar refractivity (Wildman–Crippen MR) is 111 cm³/mol. The van der Waals surface area contributed by atoms with Crippen molar-refractivity contribution in [1.82, 2.24) is 0 Å². The minimum atomic E-state index is -4.59. The number of alkyl halides is 3. The fraction of sp³-hybridized carbons (Fsp3) is 0.364. The van der Waals surface area contributed by atoms with E-state index in [9.17, 15) is 27.9 Å². The van der Waals surface area contributed by atoms with Gasteiger partial charge < -0.3 is 21.5 Å². The Bertz CT molecular complexity index is 945. The van der Waals surface area contributed by atoms with Gasteiger partial charge in [0.25, 0.3) is 0 Å². The predicted octanol–water partition coefficient (Wildman–Crippen LogP) is 4.74. The van der Waals surface area contributed by atoms with Gasteiger partial charge in [0.2, 0.25) is 5.91 Å². The molecule has 0 heterocycles. The van der Waals surface area contributed by atoms with E-state index in [1.54, 1.807) is 24.3 Å². The number of nitrogens with two attached hydrogens (primary N) is 1. The van der Waals surface area contributed by atoms with Gasteiger partial charge in [0.15, 0.2) is 0 Å². The van der Waals surface area contributed by atoms with Crippen LogP contribution in [0.5, 0.6) is 0 Å². The molecule has 0 aromatic heterocycles. The zero-order valence-electron chi connectivity index (χ0n) is 16.7. The molecule has 31 heavy (non-hydrogen) atoms. The number of carboxylic acids is 1. The molecule has 0 radical (unpaired) electrons. The van der Waals surface area contributed by atoms with Gasteiger partial charge in [-0.25, -0.2) is 0 Å². The molecule has 2 atom stereocenters. The van der Waals surface area contributed by atoms with Crippen molar-refractivity contribution in [3.63, 3.8) is 0 Å². The van der Waals surface area contributed by atoms with Crippen LogP contribution < -0.4 is 16.4 Å². The molecule has 5 N–H and O–H groups in total. The topological polar surface area (TPSA) is 104 Å². The van der Waals surface area contributed by atoms with Crippen molar-refractivity contribution in [3.05, 3.63) is 53.6 Å². The highest BCUT2D eigenvalue weighted by atomic mass is 19.4. The molecule has 1 aliphatic rings. The Morgan fingerprint density at radius 3 is 2.23 bits per heavy atom. The Morgan fingerprint density at radius 2 is 1.65 bits per heavy atom. The molecule has 9 heteroatoms. The molecule has 0 saturated heterocycles. The maximum absolute atomic E-state index is 13.2. The second-order valence-corrected chi connectivity index (χ2v) is 7.61. The van der Waals surface area contributed by atoms with E-state index in [1.165, 1.54) is 6.07 Å².